The van der Waals surface area contributed by atoms with Crippen LogP contribution in [0.1, 0.15) is 0 Å². The standard InChI is InChI=1S/C5H2F6.C3H7NO/c1-2-3(4(6,7)8)5(9,10)11;1-2-5-3-4-1/h1H2;4H,1-3H2. The van der Waals surface area contributed by atoms with Gasteiger partial charge in [0.1, 0.15) is 0 Å². The molecule has 1 N–H and O–H groups in total. The number of ether oxygens (including phenoxy) is 1. The molecule has 0 bridgehead atoms. The highest BCUT2D eigenvalue weighted by Crippen LogP contribution is 2.37. The minimum Gasteiger partial charge on any atom is -0.365 e. The molecule has 2 nitrogen and oxygen atoms in total. The van der Waals surface area contributed by atoms with Crippen molar-refractivity contribution in [3.63, 3.8) is 0 Å². The first kappa shape index (κ1) is 15.0. The molecule has 1 fully saturated rings. The van der Waals surface area contributed by atoms with Crippen molar-refractivity contribution in [2.24, 2.45) is 0 Å². The highest BCUT2D eigenvalue weighted by molar-refractivity contribution is 5.12. The number of allylic oxidation sites excluding steroid dienone is 1. The first-order valence-electron chi connectivity index (χ1n) is 4.02. The third-order valence-electron chi connectivity index (χ3n) is 1.37. The molecular weight excluding hydrogens is 240 g/mol. The number of alkyl halides is 6. The number of hydrogen-bond acceptors (Lipinski definition) is 2. The maximum Gasteiger partial charge on any atom is 0.428 e. The molecule has 1 aliphatic rings. The lowest BCUT2D eigenvalue weighted by Crippen LogP contribution is -2.25. The van der Waals surface area contributed by atoms with E-state index in [0.29, 0.717) is 0 Å². The van der Waals surface area contributed by atoms with Crippen LogP contribution >= 0.6 is 0 Å². The van der Waals surface area contributed by atoms with Gasteiger partial charge in [0.2, 0.25) is 0 Å². The molecule has 0 unspecified atom stereocenters. The van der Waals surface area contributed by atoms with Crippen molar-refractivity contribution >= 4 is 0 Å². The molecular formula is C8H9F6NO. The third-order valence-corrected chi connectivity index (χ3v) is 1.37. The number of hydrogen-bond donors (Lipinski definition) is 1. The van der Waals surface area contributed by atoms with Gasteiger partial charge in [0.05, 0.1) is 13.3 Å². The number of halogens is 6. The van der Waals surface area contributed by atoms with Crippen LogP contribution in [0.3, 0.4) is 0 Å². The van der Waals surface area contributed by atoms with Gasteiger partial charge in [-0.15, -0.1) is 5.73 Å². The maximum absolute atomic E-state index is 11.4. The van der Waals surface area contributed by atoms with E-state index in [0.717, 1.165) is 25.6 Å². The lowest BCUT2D eigenvalue weighted by Gasteiger charge is -2.11. The first-order valence-corrected chi connectivity index (χ1v) is 4.02. The summed E-state index contributed by atoms with van der Waals surface area (Å²) in [6, 6.07) is 0. The Labute approximate surface area is 87.6 Å². The van der Waals surface area contributed by atoms with Crippen LogP contribution in [0, 0.1) is 0 Å². The van der Waals surface area contributed by atoms with E-state index in [-0.39, 0.29) is 0 Å². The first-order chi connectivity index (χ1) is 7.19. The fourth-order valence-corrected chi connectivity index (χ4v) is 0.722. The monoisotopic (exact) mass is 249 g/mol. The van der Waals surface area contributed by atoms with Gasteiger partial charge >= 0.3 is 12.4 Å². The van der Waals surface area contributed by atoms with Gasteiger partial charge in [-0.2, -0.15) is 26.3 Å². The maximum atomic E-state index is 11.4. The molecule has 0 aromatic heterocycles. The topological polar surface area (TPSA) is 21.3 Å². The molecule has 8 heteroatoms. The van der Waals surface area contributed by atoms with E-state index in [4.69, 9.17) is 4.74 Å². The summed E-state index contributed by atoms with van der Waals surface area (Å²) in [6.07, 6.45) is -10.9. The van der Waals surface area contributed by atoms with Gasteiger partial charge in [0.25, 0.3) is 0 Å². The van der Waals surface area contributed by atoms with Crippen molar-refractivity contribution < 1.29 is 31.1 Å². The third kappa shape index (κ3) is 5.79. The zero-order valence-corrected chi connectivity index (χ0v) is 8.00. The summed E-state index contributed by atoms with van der Waals surface area (Å²) in [6.45, 7) is 4.96. The van der Waals surface area contributed by atoms with Crippen molar-refractivity contribution in [3.8, 4) is 0 Å². The van der Waals surface area contributed by atoms with E-state index >= 15 is 0 Å². The normalized spacial score (nSPS) is 16.1. The van der Waals surface area contributed by atoms with Crippen LogP contribution in [0.2, 0.25) is 0 Å². The Hall–Kier alpha value is -0.980. The molecule has 0 saturated carbocycles. The molecule has 0 aromatic carbocycles. The molecule has 1 heterocycles. The van der Waals surface area contributed by atoms with Crippen LogP contribution in [-0.4, -0.2) is 32.2 Å². The zero-order chi connectivity index (χ0) is 12.8. The van der Waals surface area contributed by atoms with Crippen molar-refractivity contribution in [3.05, 3.63) is 17.9 Å². The Morgan fingerprint density at radius 2 is 1.62 bits per heavy atom. The molecule has 1 saturated heterocycles. The molecule has 0 amide bonds. The van der Waals surface area contributed by atoms with Crippen LogP contribution in [0.25, 0.3) is 0 Å². The van der Waals surface area contributed by atoms with Crippen LogP contribution in [0.5, 0.6) is 0 Å². The van der Waals surface area contributed by atoms with Crippen molar-refractivity contribution in [2.75, 3.05) is 19.9 Å². The average Bonchev–Trinajstić information content (AvgIpc) is 2.54. The number of nitrogens with one attached hydrogen (secondary N) is 1. The Bertz CT molecular complexity index is 235. The van der Waals surface area contributed by atoms with Crippen LogP contribution in [0.15, 0.2) is 17.9 Å². The van der Waals surface area contributed by atoms with Crippen LogP contribution < -0.4 is 5.32 Å². The summed E-state index contributed by atoms with van der Waals surface area (Å²) in [4.78, 5) is 0. The Balaban J connectivity index is 0.000000368. The lowest BCUT2D eigenvalue weighted by molar-refractivity contribution is -0.171. The summed E-state index contributed by atoms with van der Waals surface area (Å²) < 4.78 is 73.0. The van der Waals surface area contributed by atoms with Gasteiger partial charge < -0.3 is 4.74 Å². The largest absolute Gasteiger partial charge is 0.428 e. The molecule has 0 aromatic rings. The molecule has 1 aliphatic heterocycles. The molecule has 0 radical (unpaired) electrons. The highest BCUT2D eigenvalue weighted by atomic mass is 19.4. The second-order valence-corrected chi connectivity index (χ2v) is 2.60. The SMILES string of the molecule is C1COCN1.C=C=C(C(F)(F)F)C(F)(F)F. The van der Waals surface area contributed by atoms with Gasteiger partial charge in [-0.3, -0.25) is 5.32 Å². The van der Waals surface area contributed by atoms with Gasteiger partial charge in [-0.05, 0) is 0 Å². The summed E-state index contributed by atoms with van der Waals surface area (Å²) in [5, 5.41) is 3.00. The minimum absolute atomic E-state index is 0.750. The molecule has 0 aliphatic carbocycles. The van der Waals surface area contributed by atoms with E-state index in [2.05, 4.69) is 11.9 Å². The van der Waals surface area contributed by atoms with Crippen molar-refractivity contribution in [1.29, 1.82) is 0 Å². The Morgan fingerprint density at radius 3 is 1.69 bits per heavy atom. The van der Waals surface area contributed by atoms with Gasteiger partial charge in [0.15, 0.2) is 5.57 Å². The molecule has 0 spiro atoms. The second-order valence-electron chi connectivity index (χ2n) is 2.60. The number of rotatable bonds is 0. The molecule has 1 rings (SSSR count). The van der Waals surface area contributed by atoms with Crippen molar-refractivity contribution in [1.82, 2.24) is 5.32 Å². The van der Waals surface area contributed by atoms with E-state index in [1.807, 2.05) is 0 Å². The van der Waals surface area contributed by atoms with E-state index < -0.39 is 17.9 Å². The molecule has 94 valence electrons. The molecule has 0 atom stereocenters. The van der Waals surface area contributed by atoms with E-state index in [9.17, 15) is 26.3 Å². The van der Waals surface area contributed by atoms with Gasteiger partial charge in [-0.25, -0.2) is 0 Å². The quantitative estimate of drug-likeness (QED) is 0.525. The Morgan fingerprint density at radius 1 is 1.12 bits per heavy atom. The minimum atomic E-state index is -5.43. The van der Waals surface area contributed by atoms with Crippen LogP contribution in [0.4, 0.5) is 26.3 Å². The average molecular weight is 249 g/mol. The summed E-state index contributed by atoms with van der Waals surface area (Å²) >= 11 is 0. The van der Waals surface area contributed by atoms with E-state index in [1.165, 1.54) is 0 Å². The highest BCUT2D eigenvalue weighted by Gasteiger charge is 2.50. The second kappa shape index (κ2) is 5.93. The summed E-state index contributed by atoms with van der Waals surface area (Å²) in [7, 11) is 0. The predicted molar refractivity (Wildman–Crippen MR) is 43.6 cm³/mol. The Kier molecular flexibility index (Phi) is 5.57. The van der Waals surface area contributed by atoms with Crippen molar-refractivity contribution in [2.45, 2.75) is 12.4 Å². The van der Waals surface area contributed by atoms with Gasteiger partial charge in [0, 0.05) is 6.54 Å². The zero-order valence-electron chi connectivity index (χ0n) is 8.00. The smallest absolute Gasteiger partial charge is 0.365 e. The van der Waals surface area contributed by atoms with E-state index in [1.54, 1.807) is 0 Å². The lowest BCUT2D eigenvalue weighted by atomic mass is 10.3. The van der Waals surface area contributed by atoms with Crippen LogP contribution in [-0.2, 0) is 4.74 Å². The fraction of sp³-hybridized carbons (Fsp3) is 0.625. The molecule has 16 heavy (non-hydrogen) atoms. The predicted octanol–water partition coefficient (Wildman–Crippen LogP) is 2.39. The summed E-state index contributed by atoms with van der Waals surface area (Å²) in [5.74, 6) is 0. The fourth-order valence-electron chi connectivity index (χ4n) is 0.722. The van der Waals surface area contributed by atoms with Gasteiger partial charge in [-0.1, -0.05) is 6.58 Å². The summed E-state index contributed by atoms with van der Waals surface area (Å²) in [5.41, 5.74) is -1.91.